The number of methoxy groups -OCH3 is 1. The Kier molecular flexibility index (Phi) is 8.40. The molecule has 1 fully saturated rings. The predicted molar refractivity (Wildman–Crippen MR) is 135 cm³/mol. The molecule has 1 atom stereocenters. The number of ether oxygens (including phenoxy) is 2. The Labute approximate surface area is 207 Å². The number of rotatable bonds is 9. The summed E-state index contributed by atoms with van der Waals surface area (Å²) in [6.45, 7) is 4.16. The fraction of sp³-hybridized carbons (Fsp3) is 0.292. The van der Waals surface area contributed by atoms with E-state index in [9.17, 15) is 14.7 Å². The number of benzene rings is 2. The molecule has 1 heterocycles. The van der Waals surface area contributed by atoms with E-state index < -0.39 is 17.9 Å². The Morgan fingerprint density at radius 1 is 1.21 bits per heavy atom. The first kappa shape index (κ1) is 25.1. The van der Waals surface area contributed by atoms with Crippen LogP contribution in [0, 0.1) is 5.92 Å². The van der Waals surface area contributed by atoms with Gasteiger partial charge in [0.1, 0.15) is 17.0 Å². The minimum atomic E-state index is -1.06. The van der Waals surface area contributed by atoms with Gasteiger partial charge in [-0.05, 0) is 53.8 Å². The minimum absolute atomic E-state index is 0.101. The highest BCUT2D eigenvalue weighted by Gasteiger charge is 2.40. The van der Waals surface area contributed by atoms with Crippen molar-refractivity contribution in [3.63, 3.8) is 0 Å². The number of carbonyl (C=O) groups is 2. The molecule has 3 rings (SSSR count). The van der Waals surface area contributed by atoms with Crippen LogP contribution >= 0.6 is 35.6 Å². The molecule has 0 bridgehead atoms. The van der Waals surface area contributed by atoms with Gasteiger partial charge in [0.25, 0.3) is 5.91 Å². The Morgan fingerprint density at radius 3 is 2.52 bits per heavy atom. The number of nitrogens with zero attached hydrogens (tertiary/aromatic N) is 1. The molecule has 6 nitrogen and oxygen atoms in total. The number of carboxylic acids is 1. The quantitative estimate of drug-likeness (QED) is 0.349. The molecule has 0 spiro atoms. The number of thiocarbonyl (C=S) groups is 1. The molecule has 0 saturated carbocycles. The second kappa shape index (κ2) is 11.0. The van der Waals surface area contributed by atoms with Gasteiger partial charge in [0.2, 0.25) is 0 Å². The summed E-state index contributed by atoms with van der Waals surface area (Å²) in [6, 6.07) is 11.7. The van der Waals surface area contributed by atoms with Gasteiger partial charge in [0.05, 0.1) is 12.0 Å². The van der Waals surface area contributed by atoms with Crippen LogP contribution in [0.2, 0.25) is 5.02 Å². The number of carboxylic acid groups (broad SMARTS) is 1. The molecular formula is C24H24ClNO5S2. The number of halogens is 1. The third kappa shape index (κ3) is 6.28. The number of carbonyl (C=O) groups excluding carboxylic acids is 1. The lowest BCUT2D eigenvalue weighted by Gasteiger charge is -2.24. The SMILES string of the molecule is COc1cc(/C=C2\SC(=S)N(C(CC(C)C)C(=O)O)C2=O)ccc1OCc1ccc(Cl)cc1. The monoisotopic (exact) mass is 505 g/mol. The number of amides is 1. The first-order chi connectivity index (χ1) is 15.7. The lowest BCUT2D eigenvalue weighted by molar-refractivity contribution is -0.145. The van der Waals surface area contributed by atoms with Crippen LogP contribution in [0.5, 0.6) is 11.5 Å². The maximum Gasteiger partial charge on any atom is 0.326 e. The number of aliphatic carboxylic acids is 1. The molecule has 33 heavy (non-hydrogen) atoms. The molecule has 1 unspecified atom stereocenters. The van der Waals surface area contributed by atoms with E-state index in [4.69, 9.17) is 33.3 Å². The van der Waals surface area contributed by atoms with Crippen molar-refractivity contribution in [3.05, 3.63) is 63.5 Å². The molecule has 2 aromatic carbocycles. The van der Waals surface area contributed by atoms with E-state index in [0.29, 0.717) is 40.0 Å². The van der Waals surface area contributed by atoms with Gasteiger partial charge in [0.15, 0.2) is 11.5 Å². The van der Waals surface area contributed by atoms with Crippen LogP contribution in [0.25, 0.3) is 6.08 Å². The highest BCUT2D eigenvalue weighted by Crippen LogP contribution is 2.37. The normalized spacial score (nSPS) is 15.9. The Morgan fingerprint density at radius 2 is 1.91 bits per heavy atom. The van der Waals surface area contributed by atoms with Gasteiger partial charge in [0, 0.05) is 5.02 Å². The number of thioether (sulfide) groups is 1. The Hall–Kier alpha value is -2.55. The van der Waals surface area contributed by atoms with Gasteiger partial charge < -0.3 is 14.6 Å². The maximum absolute atomic E-state index is 13.0. The summed E-state index contributed by atoms with van der Waals surface area (Å²) in [4.78, 5) is 26.3. The van der Waals surface area contributed by atoms with Crippen molar-refractivity contribution in [3.8, 4) is 11.5 Å². The van der Waals surface area contributed by atoms with E-state index in [1.54, 1.807) is 36.4 Å². The number of hydrogen-bond donors (Lipinski definition) is 1. The maximum atomic E-state index is 13.0. The smallest absolute Gasteiger partial charge is 0.326 e. The fourth-order valence-electron chi connectivity index (χ4n) is 3.30. The summed E-state index contributed by atoms with van der Waals surface area (Å²) in [7, 11) is 1.54. The molecule has 1 N–H and O–H groups in total. The fourth-order valence-corrected chi connectivity index (χ4v) is 4.78. The summed E-state index contributed by atoms with van der Waals surface area (Å²) in [5, 5.41) is 10.3. The van der Waals surface area contributed by atoms with Crippen molar-refractivity contribution in [2.75, 3.05) is 7.11 Å². The summed E-state index contributed by atoms with van der Waals surface area (Å²) in [5.41, 5.74) is 1.67. The standard InChI is InChI=1S/C24H24ClNO5S2/c1-14(2)10-18(23(28)29)26-22(27)21(33-24(26)32)12-16-6-9-19(20(11-16)30-3)31-13-15-4-7-17(25)8-5-15/h4-9,11-12,14,18H,10,13H2,1-3H3,(H,28,29)/b21-12-. The van der Waals surface area contributed by atoms with E-state index in [1.165, 1.54) is 12.0 Å². The van der Waals surface area contributed by atoms with E-state index >= 15 is 0 Å². The van der Waals surface area contributed by atoms with Crippen LogP contribution < -0.4 is 9.47 Å². The Balaban J connectivity index is 1.78. The lowest BCUT2D eigenvalue weighted by atomic mass is 10.0. The van der Waals surface area contributed by atoms with Crippen molar-refractivity contribution in [1.29, 1.82) is 0 Å². The van der Waals surface area contributed by atoms with Crippen molar-refractivity contribution in [2.24, 2.45) is 5.92 Å². The summed E-state index contributed by atoms with van der Waals surface area (Å²) in [5.74, 6) is -0.300. The molecule has 1 saturated heterocycles. The molecule has 0 radical (unpaired) electrons. The molecule has 0 aliphatic carbocycles. The second-order valence-electron chi connectivity index (χ2n) is 7.86. The topological polar surface area (TPSA) is 76.1 Å². The molecule has 0 aromatic heterocycles. The minimum Gasteiger partial charge on any atom is -0.493 e. The van der Waals surface area contributed by atoms with Gasteiger partial charge in [-0.25, -0.2) is 4.79 Å². The summed E-state index contributed by atoms with van der Waals surface area (Å²) < 4.78 is 11.6. The zero-order valence-electron chi connectivity index (χ0n) is 18.4. The molecule has 1 aliphatic rings. The first-order valence-corrected chi connectivity index (χ1v) is 11.8. The zero-order valence-corrected chi connectivity index (χ0v) is 20.8. The molecule has 174 valence electrons. The first-order valence-electron chi connectivity index (χ1n) is 10.2. The van der Waals surface area contributed by atoms with E-state index in [-0.39, 0.29) is 10.2 Å². The number of hydrogen-bond acceptors (Lipinski definition) is 6. The molecule has 1 aliphatic heterocycles. The highest BCUT2D eigenvalue weighted by molar-refractivity contribution is 8.26. The molecule has 1 amide bonds. The summed E-state index contributed by atoms with van der Waals surface area (Å²) >= 11 is 12.3. The van der Waals surface area contributed by atoms with Crippen LogP contribution in [0.15, 0.2) is 47.4 Å². The summed E-state index contributed by atoms with van der Waals surface area (Å²) in [6.07, 6.45) is 2.00. The zero-order chi connectivity index (χ0) is 24.1. The van der Waals surface area contributed by atoms with Crippen LogP contribution in [0.1, 0.15) is 31.4 Å². The van der Waals surface area contributed by atoms with Crippen molar-refractivity contribution < 1.29 is 24.2 Å². The molecule has 9 heteroatoms. The average molecular weight is 506 g/mol. The third-order valence-corrected chi connectivity index (χ3v) is 6.49. The average Bonchev–Trinajstić information content (AvgIpc) is 3.04. The van der Waals surface area contributed by atoms with Crippen molar-refractivity contribution in [2.45, 2.75) is 32.9 Å². The van der Waals surface area contributed by atoms with Gasteiger partial charge >= 0.3 is 5.97 Å². The Bertz CT molecular complexity index is 1080. The van der Waals surface area contributed by atoms with E-state index in [1.807, 2.05) is 26.0 Å². The van der Waals surface area contributed by atoms with Gasteiger partial charge in [-0.15, -0.1) is 0 Å². The lowest BCUT2D eigenvalue weighted by Crippen LogP contribution is -2.44. The highest BCUT2D eigenvalue weighted by atomic mass is 35.5. The van der Waals surface area contributed by atoms with Gasteiger partial charge in [-0.2, -0.15) is 0 Å². The predicted octanol–water partition coefficient (Wildman–Crippen LogP) is 5.63. The van der Waals surface area contributed by atoms with Crippen LogP contribution in [0.3, 0.4) is 0 Å². The van der Waals surface area contributed by atoms with Crippen LogP contribution in [-0.2, 0) is 16.2 Å². The molecule has 2 aromatic rings. The third-order valence-electron chi connectivity index (χ3n) is 4.91. The molecular weight excluding hydrogens is 482 g/mol. The largest absolute Gasteiger partial charge is 0.493 e. The van der Waals surface area contributed by atoms with E-state index in [0.717, 1.165) is 17.3 Å². The van der Waals surface area contributed by atoms with Crippen molar-refractivity contribution in [1.82, 2.24) is 4.90 Å². The second-order valence-corrected chi connectivity index (χ2v) is 9.97. The van der Waals surface area contributed by atoms with Gasteiger partial charge in [-0.1, -0.05) is 67.6 Å². The van der Waals surface area contributed by atoms with E-state index in [2.05, 4.69) is 0 Å². The van der Waals surface area contributed by atoms with Gasteiger partial charge in [-0.3, -0.25) is 9.69 Å². The van der Waals surface area contributed by atoms with Crippen LogP contribution in [-0.4, -0.2) is 39.4 Å². The van der Waals surface area contributed by atoms with Crippen molar-refractivity contribution >= 4 is 57.9 Å². The van der Waals surface area contributed by atoms with Crippen LogP contribution in [0.4, 0.5) is 0 Å².